The molecule has 0 radical (unpaired) electrons. The maximum Gasteiger partial charge on any atom is 0.222 e. The van der Waals surface area contributed by atoms with Crippen molar-refractivity contribution in [2.24, 2.45) is 5.41 Å². The maximum absolute atomic E-state index is 12.3. The van der Waals surface area contributed by atoms with Crippen molar-refractivity contribution in [3.8, 4) is 0 Å². The third kappa shape index (κ3) is 5.59. The molecule has 2 aliphatic heterocycles. The maximum atomic E-state index is 12.3. The quantitative estimate of drug-likeness (QED) is 0.799. The van der Waals surface area contributed by atoms with Crippen LogP contribution < -0.4 is 0 Å². The largest absolute Gasteiger partial charge is 0.379 e. The van der Waals surface area contributed by atoms with Gasteiger partial charge in [0.1, 0.15) is 0 Å². The van der Waals surface area contributed by atoms with E-state index in [1.54, 1.807) is 0 Å². The zero-order valence-electron chi connectivity index (χ0n) is 14.1. The lowest BCUT2D eigenvalue weighted by atomic mass is 9.89. The Hall–Kier alpha value is -0.610. The molecule has 0 N–H and O–H groups in total. The molecule has 2 heterocycles. The Labute approximate surface area is 129 Å². The van der Waals surface area contributed by atoms with Gasteiger partial charge in [-0.05, 0) is 31.1 Å². The van der Waals surface area contributed by atoms with Gasteiger partial charge < -0.3 is 9.64 Å². The first-order valence-electron chi connectivity index (χ1n) is 8.55. The van der Waals surface area contributed by atoms with Crippen molar-refractivity contribution in [1.29, 1.82) is 0 Å². The summed E-state index contributed by atoms with van der Waals surface area (Å²) in [6.45, 7) is 12.5. The number of hydrogen-bond acceptors (Lipinski definition) is 3. The van der Waals surface area contributed by atoms with Gasteiger partial charge >= 0.3 is 0 Å². The highest BCUT2D eigenvalue weighted by atomic mass is 16.5. The number of morpholine rings is 1. The Morgan fingerprint density at radius 3 is 2.29 bits per heavy atom. The van der Waals surface area contributed by atoms with Gasteiger partial charge in [-0.2, -0.15) is 0 Å². The van der Waals surface area contributed by atoms with Crippen LogP contribution in [-0.2, 0) is 9.53 Å². The molecule has 0 saturated carbocycles. The Morgan fingerprint density at radius 1 is 1.10 bits per heavy atom. The van der Waals surface area contributed by atoms with Crippen LogP contribution in [0, 0.1) is 5.41 Å². The van der Waals surface area contributed by atoms with Crippen LogP contribution in [0.1, 0.15) is 52.9 Å². The first-order valence-corrected chi connectivity index (χ1v) is 8.55. The van der Waals surface area contributed by atoms with Gasteiger partial charge in [0.05, 0.1) is 13.2 Å². The fourth-order valence-electron chi connectivity index (χ4n) is 3.35. The first-order chi connectivity index (χ1) is 9.96. The van der Waals surface area contributed by atoms with E-state index in [0.717, 1.165) is 71.5 Å². The van der Waals surface area contributed by atoms with Crippen LogP contribution in [0.3, 0.4) is 0 Å². The number of carbonyl (C=O) groups is 1. The molecule has 21 heavy (non-hydrogen) atoms. The van der Waals surface area contributed by atoms with E-state index in [1.807, 2.05) is 0 Å². The molecule has 0 aromatic heterocycles. The summed E-state index contributed by atoms with van der Waals surface area (Å²) in [5.74, 6) is 0.361. The lowest BCUT2D eigenvalue weighted by molar-refractivity contribution is -0.133. The molecular formula is C17H32N2O2. The zero-order chi connectivity index (χ0) is 15.3. The van der Waals surface area contributed by atoms with Crippen molar-refractivity contribution in [3.05, 3.63) is 0 Å². The molecule has 0 unspecified atom stereocenters. The van der Waals surface area contributed by atoms with E-state index in [2.05, 4.69) is 30.6 Å². The Balaban J connectivity index is 1.67. The minimum atomic E-state index is 0.337. The van der Waals surface area contributed by atoms with Crippen LogP contribution in [0.5, 0.6) is 0 Å². The fourth-order valence-corrected chi connectivity index (χ4v) is 3.35. The Kier molecular flexibility index (Phi) is 6.06. The molecule has 1 amide bonds. The number of hydrogen-bond donors (Lipinski definition) is 0. The Morgan fingerprint density at radius 2 is 1.71 bits per heavy atom. The van der Waals surface area contributed by atoms with E-state index in [0.29, 0.717) is 17.4 Å². The standard InChI is InChI=1S/C17H32N2O2/c1-17(2,3)8-4-5-16(20)19-9-6-15(7-10-19)18-11-13-21-14-12-18/h15H,4-14H2,1-3H3. The van der Waals surface area contributed by atoms with Crippen LogP contribution in [0.15, 0.2) is 0 Å². The van der Waals surface area contributed by atoms with Gasteiger partial charge in [-0.3, -0.25) is 9.69 Å². The molecule has 4 heteroatoms. The van der Waals surface area contributed by atoms with Crippen molar-refractivity contribution in [1.82, 2.24) is 9.80 Å². The van der Waals surface area contributed by atoms with Gasteiger partial charge in [0.25, 0.3) is 0 Å². The van der Waals surface area contributed by atoms with Crippen molar-refractivity contribution in [3.63, 3.8) is 0 Å². The van der Waals surface area contributed by atoms with Crippen LogP contribution in [-0.4, -0.2) is 61.1 Å². The Bertz CT molecular complexity index is 324. The molecule has 0 aliphatic carbocycles. The fraction of sp³-hybridized carbons (Fsp3) is 0.941. The molecule has 0 spiro atoms. The highest BCUT2D eigenvalue weighted by Gasteiger charge is 2.27. The monoisotopic (exact) mass is 296 g/mol. The average molecular weight is 296 g/mol. The van der Waals surface area contributed by atoms with E-state index in [9.17, 15) is 4.79 Å². The highest BCUT2D eigenvalue weighted by molar-refractivity contribution is 5.76. The molecule has 0 bridgehead atoms. The zero-order valence-corrected chi connectivity index (χ0v) is 14.1. The highest BCUT2D eigenvalue weighted by Crippen LogP contribution is 2.23. The van der Waals surface area contributed by atoms with Crippen LogP contribution >= 0.6 is 0 Å². The number of piperidine rings is 1. The molecule has 4 nitrogen and oxygen atoms in total. The number of nitrogens with zero attached hydrogens (tertiary/aromatic N) is 2. The number of likely N-dealkylation sites (tertiary alicyclic amines) is 1. The van der Waals surface area contributed by atoms with E-state index in [4.69, 9.17) is 4.74 Å². The summed E-state index contributed by atoms with van der Waals surface area (Å²) in [4.78, 5) is 16.9. The lowest BCUT2D eigenvalue weighted by Gasteiger charge is -2.40. The van der Waals surface area contributed by atoms with Gasteiger partial charge in [-0.25, -0.2) is 0 Å². The predicted molar refractivity (Wildman–Crippen MR) is 85.3 cm³/mol. The van der Waals surface area contributed by atoms with E-state index in [-0.39, 0.29) is 0 Å². The minimum absolute atomic E-state index is 0.337. The molecule has 0 aromatic rings. The second kappa shape index (κ2) is 7.59. The van der Waals surface area contributed by atoms with Gasteiger partial charge in [0, 0.05) is 38.6 Å². The van der Waals surface area contributed by atoms with Crippen LogP contribution in [0.2, 0.25) is 0 Å². The molecule has 0 aromatic carbocycles. The SMILES string of the molecule is CC(C)(C)CCCC(=O)N1CCC(N2CCOCC2)CC1. The summed E-state index contributed by atoms with van der Waals surface area (Å²) in [5, 5.41) is 0. The van der Waals surface area contributed by atoms with Crippen molar-refractivity contribution >= 4 is 5.91 Å². The molecule has 0 atom stereocenters. The molecular weight excluding hydrogens is 264 g/mol. The van der Waals surface area contributed by atoms with Crippen molar-refractivity contribution in [2.45, 2.75) is 58.9 Å². The van der Waals surface area contributed by atoms with Crippen molar-refractivity contribution < 1.29 is 9.53 Å². The average Bonchev–Trinajstić information content (AvgIpc) is 2.47. The lowest BCUT2D eigenvalue weighted by Crippen LogP contribution is -2.50. The summed E-state index contributed by atoms with van der Waals surface area (Å²) in [6.07, 6.45) is 5.13. The molecule has 122 valence electrons. The molecule has 2 aliphatic rings. The summed E-state index contributed by atoms with van der Waals surface area (Å²) in [6, 6.07) is 0.660. The number of ether oxygens (including phenoxy) is 1. The predicted octanol–water partition coefficient (Wildman–Crippen LogP) is 2.53. The van der Waals surface area contributed by atoms with Crippen LogP contribution in [0.25, 0.3) is 0 Å². The van der Waals surface area contributed by atoms with E-state index < -0.39 is 0 Å². The van der Waals surface area contributed by atoms with Gasteiger partial charge in [-0.15, -0.1) is 0 Å². The summed E-state index contributed by atoms with van der Waals surface area (Å²) in [7, 11) is 0. The normalized spacial score (nSPS) is 22.5. The van der Waals surface area contributed by atoms with E-state index >= 15 is 0 Å². The minimum Gasteiger partial charge on any atom is -0.379 e. The third-order valence-electron chi connectivity index (χ3n) is 4.70. The van der Waals surface area contributed by atoms with Gasteiger partial charge in [-0.1, -0.05) is 20.8 Å². The number of amides is 1. The van der Waals surface area contributed by atoms with Gasteiger partial charge in [0.2, 0.25) is 5.91 Å². The number of rotatable bonds is 4. The topological polar surface area (TPSA) is 32.8 Å². The summed E-state index contributed by atoms with van der Waals surface area (Å²) >= 11 is 0. The summed E-state index contributed by atoms with van der Waals surface area (Å²) < 4.78 is 5.42. The second-order valence-corrected chi connectivity index (χ2v) is 7.67. The smallest absolute Gasteiger partial charge is 0.222 e. The van der Waals surface area contributed by atoms with Crippen LogP contribution in [0.4, 0.5) is 0 Å². The van der Waals surface area contributed by atoms with E-state index in [1.165, 1.54) is 0 Å². The number of carbonyl (C=O) groups excluding carboxylic acids is 1. The van der Waals surface area contributed by atoms with Crippen molar-refractivity contribution in [2.75, 3.05) is 39.4 Å². The molecule has 2 saturated heterocycles. The second-order valence-electron chi connectivity index (χ2n) is 7.67. The van der Waals surface area contributed by atoms with Gasteiger partial charge in [0.15, 0.2) is 0 Å². The molecule has 2 fully saturated rings. The molecule has 2 rings (SSSR count). The third-order valence-corrected chi connectivity index (χ3v) is 4.70. The summed E-state index contributed by atoms with van der Waals surface area (Å²) in [5.41, 5.74) is 0.337. The first kappa shape index (κ1) is 16.8.